The summed E-state index contributed by atoms with van der Waals surface area (Å²) in [6.45, 7) is 6.83. The van der Waals surface area contributed by atoms with Gasteiger partial charge in [0.05, 0.1) is 12.1 Å². The van der Waals surface area contributed by atoms with E-state index in [0.717, 1.165) is 39.2 Å². The first kappa shape index (κ1) is 29.4. The van der Waals surface area contributed by atoms with Crippen LogP contribution < -0.4 is 0 Å². The van der Waals surface area contributed by atoms with Gasteiger partial charge in [-0.05, 0) is 71.8 Å². The number of pyridine rings is 1. The first-order chi connectivity index (χ1) is 19.3. The molecule has 0 saturated heterocycles. The van der Waals surface area contributed by atoms with Gasteiger partial charge in [-0.2, -0.15) is 13.2 Å². The molecule has 7 heteroatoms. The molecule has 5 aromatic rings. The minimum Gasteiger partial charge on any atom is -0.455 e. The van der Waals surface area contributed by atoms with Crippen molar-refractivity contribution in [1.82, 2.24) is 9.88 Å². The highest BCUT2D eigenvalue weighted by Gasteiger charge is 2.35. The molecule has 3 nitrogen and oxygen atoms in total. The lowest BCUT2D eigenvalue weighted by molar-refractivity contribution is -0.153. The lowest BCUT2D eigenvalue weighted by Crippen LogP contribution is -2.26. The highest BCUT2D eigenvalue weighted by Crippen LogP contribution is 2.34. The Morgan fingerprint density at radius 1 is 0.850 bits per heavy atom. The second kappa shape index (κ2) is 13.2. The number of halogens is 3. The Kier molecular flexibility index (Phi) is 9.71. The molecule has 0 bridgehead atoms. The van der Waals surface area contributed by atoms with Crippen LogP contribution in [0.4, 0.5) is 13.2 Å². The molecular formula is C33H33F3N2OS. The van der Waals surface area contributed by atoms with Crippen LogP contribution in [0.1, 0.15) is 49.5 Å². The summed E-state index contributed by atoms with van der Waals surface area (Å²) in [4.78, 5) is 7.80. The standard InChI is InChI=1S/C31H27F3N2OS.C2H6/c1-21(27-8-4-10-29-28(27)9-5-17-35-29)36(20-25-15-16-30(37-25)31(32,33)34)19-22-11-13-23(14-12-22)24-6-3-7-26(18-24)38-2;1-2/h3-18,21H,19-20H2,1-2H3;1-2H3. The van der Waals surface area contributed by atoms with Crippen molar-refractivity contribution >= 4 is 22.7 Å². The van der Waals surface area contributed by atoms with Crippen molar-refractivity contribution < 1.29 is 17.6 Å². The van der Waals surface area contributed by atoms with Gasteiger partial charge in [0.15, 0.2) is 0 Å². The van der Waals surface area contributed by atoms with Crippen molar-refractivity contribution in [2.45, 2.75) is 51.0 Å². The number of fused-ring (bicyclic) bond motifs is 1. The molecule has 0 saturated carbocycles. The fourth-order valence-electron chi connectivity index (χ4n) is 4.67. The zero-order valence-electron chi connectivity index (χ0n) is 23.1. The third-order valence-electron chi connectivity index (χ3n) is 6.72. The van der Waals surface area contributed by atoms with Crippen LogP contribution in [0.3, 0.4) is 0 Å². The van der Waals surface area contributed by atoms with E-state index in [9.17, 15) is 13.2 Å². The van der Waals surface area contributed by atoms with Crippen LogP contribution in [-0.2, 0) is 19.3 Å². The Bertz CT molecular complexity index is 1520. The Labute approximate surface area is 238 Å². The van der Waals surface area contributed by atoms with Crippen LogP contribution in [0.5, 0.6) is 0 Å². The quantitative estimate of drug-likeness (QED) is 0.176. The summed E-state index contributed by atoms with van der Waals surface area (Å²) in [5, 5.41) is 1.02. The molecule has 0 amide bonds. The van der Waals surface area contributed by atoms with Crippen LogP contribution >= 0.6 is 11.8 Å². The topological polar surface area (TPSA) is 29.3 Å². The smallest absolute Gasteiger partial charge is 0.449 e. The number of aromatic nitrogens is 1. The van der Waals surface area contributed by atoms with Crippen LogP contribution in [0.2, 0.25) is 0 Å². The number of nitrogens with zero attached hydrogens (tertiary/aromatic N) is 2. The van der Waals surface area contributed by atoms with Crippen LogP contribution in [0.25, 0.3) is 22.0 Å². The van der Waals surface area contributed by atoms with E-state index in [1.54, 1.807) is 18.0 Å². The van der Waals surface area contributed by atoms with E-state index in [4.69, 9.17) is 4.42 Å². The first-order valence-electron chi connectivity index (χ1n) is 13.3. The summed E-state index contributed by atoms with van der Waals surface area (Å²) in [5.74, 6) is -0.709. The van der Waals surface area contributed by atoms with Gasteiger partial charge in [0.25, 0.3) is 0 Å². The largest absolute Gasteiger partial charge is 0.455 e. The second-order valence-electron chi connectivity index (χ2n) is 9.19. The molecule has 2 aromatic heterocycles. The van der Waals surface area contributed by atoms with Gasteiger partial charge in [-0.25, -0.2) is 0 Å². The Balaban J connectivity index is 0.00000181. The Hall–Kier alpha value is -3.55. The monoisotopic (exact) mass is 562 g/mol. The molecule has 0 aliphatic heterocycles. The lowest BCUT2D eigenvalue weighted by Gasteiger charge is -2.29. The molecule has 0 fully saturated rings. The summed E-state index contributed by atoms with van der Waals surface area (Å²) in [7, 11) is 0. The number of alkyl halides is 3. The van der Waals surface area contributed by atoms with Crippen molar-refractivity contribution in [3.05, 3.63) is 120 Å². The van der Waals surface area contributed by atoms with Gasteiger partial charge in [0, 0.05) is 29.1 Å². The van der Waals surface area contributed by atoms with E-state index >= 15 is 0 Å². The third kappa shape index (κ3) is 6.95. The summed E-state index contributed by atoms with van der Waals surface area (Å²) in [5.41, 5.74) is 5.26. The first-order valence-corrected chi connectivity index (χ1v) is 14.5. The van der Waals surface area contributed by atoms with Crippen LogP contribution in [0, 0.1) is 0 Å². The number of hydrogen-bond donors (Lipinski definition) is 0. The molecule has 1 unspecified atom stereocenters. The Morgan fingerprint density at radius 2 is 1.60 bits per heavy atom. The molecule has 5 rings (SSSR count). The lowest BCUT2D eigenvalue weighted by atomic mass is 9.99. The van der Waals surface area contributed by atoms with Gasteiger partial charge in [-0.15, -0.1) is 11.8 Å². The molecule has 0 aliphatic carbocycles. The van der Waals surface area contributed by atoms with Gasteiger partial charge in [-0.3, -0.25) is 9.88 Å². The zero-order valence-corrected chi connectivity index (χ0v) is 23.9. The van der Waals surface area contributed by atoms with Gasteiger partial charge in [-0.1, -0.05) is 68.4 Å². The normalized spacial score (nSPS) is 12.3. The predicted octanol–water partition coefficient (Wildman–Crippen LogP) is 10.0. The van der Waals surface area contributed by atoms with Gasteiger partial charge in [0.2, 0.25) is 5.76 Å². The molecule has 2 heterocycles. The van der Waals surface area contributed by atoms with Gasteiger partial charge < -0.3 is 4.42 Å². The highest BCUT2D eigenvalue weighted by molar-refractivity contribution is 7.98. The molecule has 0 radical (unpaired) electrons. The minimum absolute atomic E-state index is 0.111. The molecular weight excluding hydrogens is 529 g/mol. The number of hydrogen-bond acceptors (Lipinski definition) is 4. The fourth-order valence-corrected chi connectivity index (χ4v) is 5.13. The van der Waals surface area contributed by atoms with E-state index in [2.05, 4.69) is 71.6 Å². The summed E-state index contributed by atoms with van der Waals surface area (Å²) >= 11 is 1.70. The van der Waals surface area contributed by atoms with E-state index in [-0.39, 0.29) is 18.3 Å². The van der Waals surface area contributed by atoms with Crippen molar-refractivity contribution in [2.75, 3.05) is 6.26 Å². The average Bonchev–Trinajstić information content (AvgIpc) is 3.47. The van der Waals surface area contributed by atoms with E-state index in [1.165, 1.54) is 11.0 Å². The number of benzene rings is 3. The summed E-state index contributed by atoms with van der Waals surface area (Å²) in [6, 6.07) is 28.9. The van der Waals surface area contributed by atoms with Crippen LogP contribution in [0.15, 0.2) is 107 Å². The predicted molar refractivity (Wildman–Crippen MR) is 158 cm³/mol. The van der Waals surface area contributed by atoms with Crippen molar-refractivity contribution in [2.24, 2.45) is 0 Å². The SMILES string of the molecule is CC.CSc1cccc(-c2ccc(CN(Cc3ccc(C(F)(F)F)o3)C(C)c3cccc4ncccc34)cc2)c1. The van der Waals surface area contributed by atoms with E-state index in [1.807, 2.05) is 44.2 Å². The molecule has 40 heavy (non-hydrogen) atoms. The maximum atomic E-state index is 13.2. The average molecular weight is 563 g/mol. The van der Waals surface area contributed by atoms with Gasteiger partial charge >= 0.3 is 6.18 Å². The van der Waals surface area contributed by atoms with E-state index in [0.29, 0.717) is 6.54 Å². The third-order valence-corrected chi connectivity index (χ3v) is 7.45. The van der Waals surface area contributed by atoms with Gasteiger partial charge in [0.1, 0.15) is 5.76 Å². The zero-order chi connectivity index (χ0) is 28.7. The molecule has 3 aromatic carbocycles. The maximum absolute atomic E-state index is 13.2. The minimum atomic E-state index is -4.51. The summed E-state index contributed by atoms with van der Waals surface area (Å²) < 4.78 is 44.8. The summed E-state index contributed by atoms with van der Waals surface area (Å²) in [6.07, 6.45) is -0.702. The number of rotatable bonds is 8. The molecule has 0 aliphatic rings. The van der Waals surface area contributed by atoms with E-state index < -0.39 is 11.9 Å². The number of furan rings is 1. The van der Waals surface area contributed by atoms with Crippen LogP contribution in [-0.4, -0.2) is 16.1 Å². The number of thioether (sulfide) groups is 1. The molecule has 208 valence electrons. The Morgan fingerprint density at radius 3 is 2.30 bits per heavy atom. The molecule has 1 atom stereocenters. The highest BCUT2D eigenvalue weighted by atomic mass is 32.2. The van der Waals surface area contributed by atoms with Crippen molar-refractivity contribution in [3.8, 4) is 11.1 Å². The molecule has 0 spiro atoms. The second-order valence-corrected chi connectivity index (χ2v) is 10.1. The maximum Gasteiger partial charge on any atom is 0.449 e. The fraction of sp³-hybridized carbons (Fsp3) is 0.242. The van der Waals surface area contributed by atoms with Crippen molar-refractivity contribution in [3.63, 3.8) is 0 Å². The molecule has 0 N–H and O–H groups in total. The van der Waals surface area contributed by atoms with Crippen molar-refractivity contribution in [1.29, 1.82) is 0 Å².